The van der Waals surface area contributed by atoms with Crippen LogP contribution in [0.3, 0.4) is 0 Å². The van der Waals surface area contributed by atoms with E-state index in [1.807, 2.05) is 42.5 Å². The molecule has 2 aromatic heterocycles. The molecule has 0 aliphatic heterocycles. The predicted molar refractivity (Wildman–Crippen MR) is 93.0 cm³/mol. The topological polar surface area (TPSA) is 77.2 Å². The maximum Gasteiger partial charge on any atom is 0.264 e. The van der Waals surface area contributed by atoms with Gasteiger partial charge in [0.25, 0.3) is 5.89 Å². The SMILES string of the molecule is O=C(NCc1ccc(-c2noc(COc3ccccc3)n2)s1)C1CC1. The number of hydrogen-bond donors (Lipinski definition) is 1. The fraction of sp³-hybridized carbons (Fsp3) is 0.278. The van der Waals surface area contributed by atoms with Crippen molar-refractivity contribution in [2.24, 2.45) is 5.92 Å². The second kappa shape index (κ2) is 7.06. The summed E-state index contributed by atoms with van der Waals surface area (Å²) in [5.41, 5.74) is 0. The quantitative estimate of drug-likeness (QED) is 0.703. The molecule has 0 unspecified atom stereocenters. The summed E-state index contributed by atoms with van der Waals surface area (Å²) in [6.45, 7) is 0.772. The molecular formula is C18H17N3O3S. The molecule has 4 rings (SSSR count). The number of rotatable bonds is 7. The molecule has 0 spiro atoms. The van der Waals surface area contributed by atoms with Crippen molar-refractivity contribution in [1.82, 2.24) is 15.5 Å². The average Bonchev–Trinajstić information content (AvgIpc) is 3.21. The smallest absolute Gasteiger partial charge is 0.264 e. The van der Waals surface area contributed by atoms with Crippen LogP contribution in [0.5, 0.6) is 5.75 Å². The fourth-order valence-corrected chi connectivity index (χ4v) is 3.21. The largest absolute Gasteiger partial charge is 0.484 e. The third kappa shape index (κ3) is 4.06. The summed E-state index contributed by atoms with van der Waals surface area (Å²) in [5, 5.41) is 6.96. The van der Waals surface area contributed by atoms with Crippen molar-refractivity contribution in [1.29, 1.82) is 0 Å². The van der Waals surface area contributed by atoms with Gasteiger partial charge in [-0.3, -0.25) is 4.79 Å². The highest BCUT2D eigenvalue weighted by molar-refractivity contribution is 7.15. The molecule has 7 heteroatoms. The van der Waals surface area contributed by atoms with E-state index in [1.165, 1.54) is 0 Å². The van der Waals surface area contributed by atoms with Crippen molar-refractivity contribution >= 4 is 17.2 Å². The predicted octanol–water partition coefficient (Wildman–Crippen LogP) is 3.40. The van der Waals surface area contributed by atoms with E-state index in [2.05, 4.69) is 15.5 Å². The lowest BCUT2D eigenvalue weighted by Gasteiger charge is -2.01. The monoisotopic (exact) mass is 355 g/mol. The van der Waals surface area contributed by atoms with Crippen LogP contribution in [0.15, 0.2) is 47.0 Å². The van der Waals surface area contributed by atoms with Crippen LogP contribution in [0, 0.1) is 5.92 Å². The molecule has 1 aliphatic rings. The van der Waals surface area contributed by atoms with E-state index in [-0.39, 0.29) is 18.4 Å². The van der Waals surface area contributed by atoms with Crippen LogP contribution in [-0.4, -0.2) is 16.0 Å². The van der Waals surface area contributed by atoms with Gasteiger partial charge in [0.05, 0.1) is 11.4 Å². The Morgan fingerprint density at radius 3 is 2.88 bits per heavy atom. The van der Waals surface area contributed by atoms with Crippen molar-refractivity contribution in [3.63, 3.8) is 0 Å². The van der Waals surface area contributed by atoms with Gasteiger partial charge in [-0.2, -0.15) is 4.98 Å². The van der Waals surface area contributed by atoms with E-state index in [1.54, 1.807) is 11.3 Å². The molecule has 1 amide bonds. The molecule has 0 saturated heterocycles. The van der Waals surface area contributed by atoms with Crippen molar-refractivity contribution < 1.29 is 14.1 Å². The normalized spacial score (nSPS) is 13.6. The number of carbonyl (C=O) groups is 1. The minimum atomic E-state index is 0.148. The molecule has 1 aromatic carbocycles. The number of thiophene rings is 1. The summed E-state index contributed by atoms with van der Waals surface area (Å²) in [7, 11) is 0. The minimum Gasteiger partial charge on any atom is -0.484 e. The number of nitrogens with one attached hydrogen (secondary N) is 1. The van der Waals surface area contributed by atoms with Gasteiger partial charge in [0.15, 0.2) is 6.61 Å². The van der Waals surface area contributed by atoms with Gasteiger partial charge in [-0.15, -0.1) is 11.3 Å². The zero-order chi connectivity index (χ0) is 17.1. The second-order valence-electron chi connectivity index (χ2n) is 5.87. The summed E-state index contributed by atoms with van der Waals surface area (Å²) in [4.78, 5) is 18.0. The zero-order valence-corrected chi connectivity index (χ0v) is 14.3. The van der Waals surface area contributed by atoms with Crippen LogP contribution < -0.4 is 10.1 Å². The van der Waals surface area contributed by atoms with Gasteiger partial charge in [-0.05, 0) is 37.1 Å². The first-order valence-electron chi connectivity index (χ1n) is 8.15. The Morgan fingerprint density at radius 2 is 2.08 bits per heavy atom. The molecule has 1 fully saturated rings. The maximum atomic E-state index is 11.7. The van der Waals surface area contributed by atoms with Gasteiger partial charge in [0, 0.05) is 10.8 Å². The summed E-state index contributed by atoms with van der Waals surface area (Å²) in [6, 6.07) is 13.4. The first-order chi connectivity index (χ1) is 12.3. The third-order valence-corrected chi connectivity index (χ3v) is 4.92. The molecule has 0 radical (unpaired) electrons. The zero-order valence-electron chi connectivity index (χ0n) is 13.5. The van der Waals surface area contributed by atoms with Crippen molar-refractivity contribution in [2.75, 3.05) is 0 Å². The number of carbonyl (C=O) groups excluding carboxylic acids is 1. The lowest BCUT2D eigenvalue weighted by molar-refractivity contribution is -0.122. The van der Waals surface area contributed by atoms with E-state index < -0.39 is 0 Å². The van der Waals surface area contributed by atoms with Gasteiger partial charge < -0.3 is 14.6 Å². The van der Waals surface area contributed by atoms with Crippen LogP contribution in [0.1, 0.15) is 23.6 Å². The van der Waals surface area contributed by atoms with Gasteiger partial charge in [0.1, 0.15) is 5.75 Å². The Bertz CT molecular complexity index is 855. The molecular weight excluding hydrogens is 338 g/mol. The molecule has 0 bridgehead atoms. The first kappa shape index (κ1) is 15.8. The Balaban J connectivity index is 1.34. The molecule has 128 valence electrons. The van der Waals surface area contributed by atoms with E-state index in [0.29, 0.717) is 18.3 Å². The third-order valence-electron chi connectivity index (χ3n) is 3.84. The van der Waals surface area contributed by atoms with Crippen LogP contribution >= 0.6 is 11.3 Å². The fourth-order valence-electron chi connectivity index (χ4n) is 2.33. The Labute approximate surface area is 148 Å². The lowest BCUT2D eigenvalue weighted by atomic mass is 10.3. The van der Waals surface area contributed by atoms with Gasteiger partial charge in [-0.1, -0.05) is 23.4 Å². The highest BCUT2D eigenvalue weighted by atomic mass is 32.1. The van der Waals surface area contributed by atoms with Crippen molar-refractivity contribution in [3.05, 3.63) is 53.2 Å². The molecule has 1 saturated carbocycles. The Morgan fingerprint density at radius 1 is 1.24 bits per heavy atom. The van der Waals surface area contributed by atoms with E-state index in [9.17, 15) is 4.79 Å². The van der Waals surface area contributed by atoms with Gasteiger partial charge >= 0.3 is 0 Å². The number of hydrogen-bond acceptors (Lipinski definition) is 6. The second-order valence-corrected chi connectivity index (χ2v) is 7.04. The summed E-state index contributed by atoms with van der Waals surface area (Å²) in [6.07, 6.45) is 2.02. The maximum absolute atomic E-state index is 11.7. The first-order valence-corrected chi connectivity index (χ1v) is 8.97. The molecule has 6 nitrogen and oxygen atoms in total. The van der Waals surface area contributed by atoms with Crippen LogP contribution in [0.2, 0.25) is 0 Å². The molecule has 1 N–H and O–H groups in total. The van der Waals surface area contributed by atoms with Crippen LogP contribution in [0.4, 0.5) is 0 Å². The van der Waals surface area contributed by atoms with Gasteiger partial charge in [-0.25, -0.2) is 0 Å². The van der Waals surface area contributed by atoms with Crippen LogP contribution in [-0.2, 0) is 17.9 Å². The highest BCUT2D eigenvalue weighted by Gasteiger charge is 2.29. The van der Waals surface area contributed by atoms with Crippen molar-refractivity contribution in [2.45, 2.75) is 26.0 Å². The highest BCUT2D eigenvalue weighted by Crippen LogP contribution is 2.29. The number of aromatic nitrogens is 2. The molecule has 3 aromatic rings. The summed E-state index contributed by atoms with van der Waals surface area (Å²) >= 11 is 1.55. The molecule has 2 heterocycles. The Kier molecular flexibility index (Phi) is 4.47. The number of benzene rings is 1. The van der Waals surface area contributed by atoms with E-state index in [0.717, 1.165) is 28.3 Å². The Hall–Kier alpha value is -2.67. The molecule has 25 heavy (non-hydrogen) atoms. The van der Waals surface area contributed by atoms with Crippen LogP contribution in [0.25, 0.3) is 10.7 Å². The van der Waals surface area contributed by atoms with E-state index in [4.69, 9.17) is 9.26 Å². The number of para-hydroxylation sites is 1. The summed E-state index contributed by atoms with van der Waals surface area (Å²) < 4.78 is 10.8. The van der Waals surface area contributed by atoms with Gasteiger partial charge in [0.2, 0.25) is 11.7 Å². The van der Waals surface area contributed by atoms with Crippen molar-refractivity contribution in [3.8, 4) is 16.5 Å². The molecule has 0 atom stereocenters. The minimum absolute atomic E-state index is 0.148. The molecule has 1 aliphatic carbocycles. The average molecular weight is 355 g/mol. The number of ether oxygens (including phenoxy) is 1. The van der Waals surface area contributed by atoms with E-state index >= 15 is 0 Å². The standard InChI is InChI=1S/C18H17N3O3S/c22-18(12-6-7-12)19-10-14-8-9-15(25-14)17-20-16(24-21-17)11-23-13-4-2-1-3-5-13/h1-5,8-9,12H,6-7,10-11H2,(H,19,22). The lowest BCUT2D eigenvalue weighted by Crippen LogP contribution is -2.23. The number of amides is 1. The summed E-state index contributed by atoms with van der Waals surface area (Å²) in [5.74, 6) is 2.10. The number of nitrogens with zero attached hydrogens (tertiary/aromatic N) is 2.